The summed E-state index contributed by atoms with van der Waals surface area (Å²) in [4.78, 5) is 27.8. The number of pyridine rings is 1. The Morgan fingerprint density at radius 1 is 1.07 bits per heavy atom. The molecule has 4 rings (SSSR count). The van der Waals surface area contributed by atoms with Gasteiger partial charge in [0.25, 0.3) is 5.56 Å². The highest BCUT2D eigenvalue weighted by atomic mass is 32.2. The third-order valence-corrected chi connectivity index (χ3v) is 5.57. The number of hydrogen-bond donors (Lipinski definition) is 2. The van der Waals surface area contributed by atoms with Gasteiger partial charge in [-0.1, -0.05) is 37.3 Å². The van der Waals surface area contributed by atoms with E-state index in [0.29, 0.717) is 11.3 Å². The lowest BCUT2D eigenvalue weighted by atomic mass is 10.1. The number of carboxylic acids is 1. The standard InChI is InChI=1S/C18H14N2O2S.C3H6O2/c21-18-17-14(8-9-19-17)15-10-13(6-7-16(15)20-18)23(22)11-12-4-2-1-3-5-12;1-2-3(4)5/h1-10,19H,11H2,(H,20,21);2H2,1H3,(H,4,5)/p-1. The van der Waals surface area contributed by atoms with Crippen molar-refractivity contribution in [3.8, 4) is 0 Å². The quantitative estimate of drug-likeness (QED) is 0.554. The molecule has 6 nitrogen and oxygen atoms in total. The molecule has 1 unspecified atom stereocenters. The summed E-state index contributed by atoms with van der Waals surface area (Å²) in [6.07, 6.45) is 1.85. The third kappa shape index (κ3) is 4.37. The van der Waals surface area contributed by atoms with Crippen LogP contribution in [0.25, 0.3) is 21.8 Å². The monoisotopic (exact) mass is 395 g/mol. The molecule has 2 heterocycles. The number of benzene rings is 2. The summed E-state index contributed by atoms with van der Waals surface area (Å²) in [6, 6.07) is 17.2. The van der Waals surface area contributed by atoms with Crippen molar-refractivity contribution in [1.82, 2.24) is 9.97 Å². The smallest absolute Gasteiger partial charge is 0.272 e. The maximum Gasteiger partial charge on any atom is 0.272 e. The minimum atomic E-state index is -1.13. The molecule has 0 aliphatic rings. The van der Waals surface area contributed by atoms with Crippen LogP contribution in [-0.2, 0) is 21.3 Å². The lowest BCUT2D eigenvalue weighted by Gasteiger charge is -2.05. The van der Waals surface area contributed by atoms with E-state index >= 15 is 0 Å². The fourth-order valence-electron chi connectivity index (χ4n) is 2.77. The summed E-state index contributed by atoms with van der Waals surface area (Å²) in [5.74, 6) is -0.517. The second-order valence-corrected chi connectivity index (χ2v) is 7.58. The molecule has 0 bridgehead atoms. The van der Waals surface area contributed by atoms with Gasteiger partial charge in [-0.25, -0.2) is 0 Å². The molecule has 0 saturated heterocycles. The lowest BCUT2D eigenvalue weighted by molar-refractivity contribution is -0.305. The van der Waals surface area contributed by atoms with Crippen molar-refractivity contribution in [2.45, 2.75) is 24.0 Å². The number of carboxylic acid groups (broad SMARTS) is 1. The highest BCUT2D eigenvalue weighted by molar-refractivity contribution is 7.84. The van der Waals surface area contributed by atoms with Crippen LogP contribution in [0.3, 0.4) is 0 Å². The Labute approximate surface area is 163 Å². The minimum Gasteiger partial charge on any atom is -0.550 e. The van der Waals surface area contributed by atoms with E-state index in [4.69, 9.17) is 0 Å². The van der Waals surface area contributed by atoms with Crippen molar-refractivity contribution < 1.29 is 14.1 Å². The zero-order valence-electron chi connectivity index (χ0n) is 15.2. The highest BCUT2D eigenvalue weighted by Gasteiger charge is 2.10. The number of fused-ring (bicyclic) bond motifs is 3. The number of carbonyl (C=O) groups excluding carboxylic acids is 1. The molecule has 2 N–H and O–H groups in total. The Morgan fingerprint density at radius 2 is 1.79 bits per heavy atom. The van der Waals surface area contributed by atoms with E-state index in [1.165, 1.54) is 6.92 Å². The van der Waals surface area contributed by atoms with Crippen LogP contribution < -0.4 is 10.7 Å². The Morgan fingerprint density at radius 3 is 2.46 bits per heavy atom. The molecule has 144 valence electrons. The first-order valence-electron chi connectivity index (χ1n) is 8.75. The second-order valence-electron chi connectivity index (χ2n) is 6.13. The SMILES string of the molecule is CCC(=O)[O-].O=c1[nH]c2ccc(S(=O)Cc3ccccc3)cc2c2cc[nH]c12. The first-order chi connectivity index (χ1) is 13.5. The normalized spacial score (nSPS) is 11.8. The number of aromatic nitrogens is 2. The van der Waals surface area contributed by atoms with Crippen LogP contribution in [0.4, 0.5) is 0 Å². The largest absolute Gasteiger partial charge is 0.550 e. The van der Waals surface area contributed by atoms with Crippen LogP contribution in [-0.4, -0.2) is 20.1 Å². The fourth-order valence-corrected chi connectivity index (χ4v) is 3.90. The van der Waals surface area contributed by atoms with Crippen molar-refractivity contribution in [2.24, 2.45) is 0 Å². The van der Waals surface area contributed by atoms with Gasteiger partial charge in [-0.3, -0.25) is 9.00 Å². The van der Waals surface area contributed by atoms with Gasteiger partial charge < -0.3 is 19.9 Å². The van der Waals surface area contributed by atoms with E-state index in [9.17, 15) is 18.9 Å². The number of H-pyrrole nitrogens is 2. The number of rotatable bonds is 4. The van der Waals surface area contributed by atoms with Crippen LogP contribution in [0.5, 0.6) is 0 Å². The predicted octanol–water partition coefficient (Wildman–Crippen LogP) is 2.46. The molecule has 0 spiro atoms. The number of aliphatic carboxylic acids is 1. The molecule has 0 amide bonds. The van der Waals surface area contributed by atoms with Gasteiger partial charge >= 0.3 is 0 Å². The molecule has 0 saturated carbocycles. The van der Waals surface area contributed by atoms with Crippen LogP contribution in [0.1, 0.15) is 18.9 Å². The van der Waals surface area contributed by atoms with Gasteiger partial charge in [-0.15, -0.1) is 0 Å². The van der Waals surface area contributed by atoms with Crippen molar-refractivity contribution in [1.29, 1.82) is 0 Å². The Hall–Kier alpha value is -3.19. The van der Waals surface area contributed by atoms with Gasteiger partial charge in [0.05, 0.1) is 16.6 Å². The summed E-state index contributed by atoms with van der Waals surface area (Å²) in [7, 11) is -1.13. The van der Waals surface area contributed by atoms with Gasteiger partial charge in [0.2, 0.25) is 0 Å². The zero-order valence-corrected chi connectivity index (χ0v) is 16.0. The third-order valence-electron chi connectivity index (χ3n) is 4.20. The van der Waals surface area contributed by atoms with Crippen molar-refractivity contribution in [3.63, 3.8) is 0 Å². The van der Waals surface area contributed by atoms with Crippen LogP contribution >= 0.6 is 0 Å². The van der Waals surface area contributed by atoms with Crippen LogP contribution in [0, 0.1) is 0 Å². The Bertz CT molecular complexity index is 1200. The lowest BCUT2D eigenvalue weighted by Crippen LogP contribution is -2.19. The minimum absolute atomic E-state index is 0.111. The highest BCUT2D eigenvalue weighted by Crippen LogP contribution is 2.24. The zero-order chi connectivity index (χ0) is 20.1. The van der Waals surface area contributed by atoms with Gasteiger partial charge in [0.15, 0.2) is 0 Å². The van der Waals surface area contributed by atoms with Gasteiger partial charge in [0.1, 0.15) is 5.52 Å². The van der Waals surface area contributed by atoms with Crippen LogP contribution in [0.2, 0.25) is 0 Å². The van der Waals surface area contributed by atoms with Crippen molar-refractivity contribution in [2.75, 3.05) is 0 Å². The molecular formula is C21H19N2O4S-. The number of carbonyl (C=O) groups is 1. The molecule has 0 fully saturated rings. The Kier molecular flexibility index (Phi) is 6.06. The summed E-state index contributed by atoms with van der Waals surface area (Å²) in [5, 5.41) is 11.0. The average molecular weight is 395 g/mol. The maximum absolute atomic E-state index is 12.6. The van der Waals surface area contributed by atoms with Crippen LogP contribution in [0.15, 0.2) is 70.5 Å². The predicted molar refractivity (Wildman–Crippen MR) is 108 cm³/mol. The molecule has 1 atom stereocenters. The Balaban J connectivity index is 0.000000403. The number of nitrogens with one attached hydrogen (secondary N) is 2. The second kappa shape index (κ2) is 8.67. The summed E-state index contributed by atoms with van der Waals surface area (Å²) >= 11 is 0. The topological polar surface area (TPSA) is 106 Å². The van der Waals surface area contributed by atoms with E-state index in [0.717, 1.165) is 26.7 Å². The fraction of sp³-hybridized carbons (Fsp3) is 0.143. The van der Waals surface area contributed by atoms with E-state index in [1.807, 2.05) is 54.6 Å². The summed E-state index contributed by atoms with van der Waals surface area (Å²) in [6.45, 7) is 1.54. The molecule has 4 aromatic rings. The molecule has 28 heavy (non-hydrogen) atoms. The number of hydrogen-bond acceptors (Lipinski definition) is 4. The molecule has 0 radical (unpaired) electrons. The van der Waals surface area contributed by atoms with E-state index in [1.54, 1.807) is 6.20 Å². The molecule has 2 aromatic carbocycles. The average Bonchev–Trinajstić information content (AvgIpc) is 3.20. The van der Waals surface area contributed by atoms with Gasteiger partial charge in [0, 0.05) is 33.4 Å². The van der Waals surface area contributed by atoms with E-state index in [2.05, 4.69) is 9.97 Å². The van der Waals surface area contributed by atoms with Gasteiger partial charge in [-0.2, -0.15) is 0 Å². The molecule has 0 aliphatic carbocycles. The van der Waals surface area contributed by atoms with E-state index in [-0.39, 0.29) is 12.0 Å². The first kappa shape index (κ1) is 19.6. The molecule has 0 aliphatic heterocycles. The molecular weight excluding hydrogens is 376 g/mol. The van der Waals surface area contributed by atoms with Crippen molar-refractivity contribution in [3.05, 3.63) is 76.7 Å². The summed E-state index contributed by atoms with van der Waals surface area (Å²) in [5.41, 5.74) is 2.20. The van der Waals surface area contributed by atoms with Crippen molar-refractivity contribution >= 4 is 38.6 Å². The summed E-state index contributed by atoms with van der Waals surface area (Å²) < 4.78 is 12.6. The van der Waals surface area contributed by atoms with E-state index < -0.39 is 16.8 Å². The maximum atomic E-state index is 12.6. The first-order valence-corrected chi connectivity index (χ1v) is 10.1. The van der Waals surface area contributed by atoms with Gasteiger partial charge in [-0.05, 0) is 36.2 Å². The number of aromatic amines is 2. The molecule has 2 aromatic heterocycles. The molecule has 7 heteroatoms.